The van der Waals surface area contributed by atoms with Crippen molar-refractivity contribution in [1.82, 2.24) is 0 Å². The van der Waals surface area contributed by atoms with E-state index in [9.17, 15) is 14.3 Å². The zero-order chi connectivity index (χ0) is 14.0. The summed E-state index contributed by atoms with van der Waals surface area (Å²) in [6.07, 6.45) is 0. The summed E-state index contributed by atoms with van der Waals surface area (Å²) in [5.74, 6) is -1.22. The Hall–Kier alpha value is -1.78. The van der Waals surface area contributed by atoms with Crippen molar-refractivity contribution >= 4 is 34.8 Å². The van der Waals surface area contributed by atoms with E-state index in [4.69, 9.17) is 23.2 Å². The molecule has 0 atom stereocenters. The van der Waals surface area contributed by atoms with Crippen LogP contribution in [0.1, 0.15) is 10.4 Å². The van der Waals surface area contributed by atoms with Gasteiger partial charge in [0.25, 0.3) is 5.91 Å². The number of amides is 1. The molecule has 0 heterocycles. The molecule has 0 aromatic heterocycles. The molecule has 0 fully saturated rings. The van der Waals surface area contributed by atoms with Crippen LogP contribution in [0.25, 0.3) is 0 Å². The maximum atomic E-state index is 12.7. The number of halogens is 3. The Balaban J connectivity index is 2.26. The first-order valence-corrected chi connectivity index (χ1v) is 5.98. The zero-order valence-corrected chi connectivity index (χ0v) is 11.0. The number of rotatable bonds is 2. The molecule has 2 rings (SSSR count). The van der Waals surface area contributed by atoms with Crippen LogP contribution in [0.4, 0.5) is 10.1 Å². The SMILES string of the molecule is O=C(Nc1cc(Cl)cc(Cl)c1O)c1ccc(F)cc1. The van der Waals surface area contributed by atoms with E-state index in [-0.39, 0.29) is 27.0 Å². The second-order valence-electron chi connectivity index (χ2n) is 3.74. The smallest absolute Gasteiger partial charge is 0.255 e. The van der Waals surface area contributed by atoms with E-state index in [1.807, 2.05) is 0 Å². The number of carbonyl (C=O) groups excluding carboxylic acids is 1. The van der Waals surface area contributed by atoms with Crippen LogP contribution in [0.15, 0.2) is 36.4 Å². The first-order chi connectivity index (χ1) is 8.97. The molecule has 0 saturated heterocycles. The molecule has 2 aromatic rings. The maximum absolute atomic E-state index is 12.7. The fraction of sp³-hybridized carbons (Fsp3) is 0. The molecule has 3 nitrogen and oxygen atoms in total. The number of aromatic hydroxyl groups is 1. The molecule has 0 aliphatic rings. The lowest BCUT2D eigenvalue weighted by atomic mass is 10.2. The number of anilines is 1. The second-order valence-corrected chi connectivity index (χ2v) is 4.59. The number of hydrogen-bond acceptors (Lipinski definition) is 2. The zero-order valence-electron chi connectivity index (χ0n) is 9.45. The molecule has 0 unspecified atom stereocenters. The summed E-state index contributed by atoms with van der Waals surface area (Å²) in [5.41, 5.74) is 0.337. The monoisotopic (exact) mass is 299 g/mol. The van der Waals surface area contributed by atoms with Gasteiger partial charge in [0.15, 0.2) is 5.75 Å². The van der Waals surface area contributed by atoms with Crippen molar-refractivity contribution in [2.45, 2.75) is 0 Å². The summed E-state index contributed by atoms with van der Waals surface area (Å²) in [6, 6.07) is 7.71. The minimum absolute atomic E-state index is 0.0295. The van der Waals surface area contributed by atoms with Gasteiger partial charge in [-0.3, -0.25) is 4.79 Å². The minimum Gasteiger partial charge on any atom is -0.504 e. The van der Waals surface area contributed by atoms with Gasteiger partial charge in [-0.15, -0.1) is 0 Å². The summed E-state index contributed by atoms with van der Waals surface area (Å²) < 4.78 is 12.7. The molecule has 0 aliphatic carbocycles. The Morgan fingerprint density at radius 2 is 1.79 bits per heavy atom. The third-order valence-corrected chi connectivity index (χ3v) is 2.89. The van der Waals surface area contributed by atoms with Crippen LogP contribution in [0.2, 0.25) is 10.0 Å². The van der Waals surface area contributed by atoms with Gasteiger partial charge in [-0.1, -0.05) is 23.2 Å². The lowest BCUT2D eigenvalue weighted by Gasteiger charge is -2.09. The van der Waals surface area contributed by atoms with Crippen LogP contribution < -0.4 is 5.32 Å². The highest BCUT2D eigenvalue weighted by Gasteiger charge is 2.12. The highest BCUT2D eigenvalue weighted by Crippen LogP contribution is 2.35. The van der Waals surface area contributed by atoms with Gasteiger partial charge in [-0.25, -0.2) is 4.39 Å². The molecule has 98 valence electrons. The Morgan fingerprint density at radius 1 is 1.16 bits per heavy atom. The third-order valence-electron chi connectivity index (χ3n) is 2.38. The van der Waals surface area contributed by atoms with Crippen LogP contribution >= 0.6 is 23.2 Å². The van der Waals surface area contributed by atoms with Crippen molar-refractivity contribution in [2.75, 3.05) is 5.32 Å². The summed E-state index contributed by atoms with van der Waals surface area (Å²) in [6.45, 7) is 0. The third kappa shape index (κ3) is 3.16. The Kier molecular flexibility index (Phi) is 3.93. The van der Waals surface area contributed by atoms with E-state index >= 15 is 0 Å². The van der Waals surface area contributed by atoms with Crippen molar-refractivity contribution in [2.24, 2.45) is 0 Å². The molecular weight excluding hydrogens is 292 g/mol. The first-order valence-electron chi connectivity index (χ1n) is 5.22. The van der Waals surface area contributed by atoms with E-state index in [1.54, 1.807) is 0 Å². The minimum atomic E-state index is -0.506. The molecule has 2 aromatic carbocycles. The quantitative estimate of drug-likeness (QED) is 0.821. The number of phenolic OH excluding ortho intramolecular Hbond substituents is 1. The molecule has 0 radical (unpaired) electrons. The van der Waals surface area contributed by atoms with E-state index in [0.717, 1.165) is 0 Å². The predicted octanol–water partition coefficient (Wildman–Crippen LogP) is 4.09. The van der Waals surface area contributed by atoms with Crippen LogP contribution in [0, 0.1) is 5.82 Å². The number of benzene rings is 2. The average molecular weight is 300 g/mol. The largest absolute Gasteiger partial charge is 0.504 e. The van der Waals surface area contributed by atoms with E-state index < -0.39 is 11.7 Å². The van der Waals surface area contributed by atoms with Crippen molar-refractivity contribution in [3.05, 3.63) is 57.8 Å². The molecular formula is C13H8Cl2FNO2. The number of phenols is 1. The summed E-state index contributed by atoms with van der Waals surface area (Å²) in [5, 5.41) is 12.4. The average Bonchev–Trinajstić information content (AvgIpc) is 2.36. The fourth-order valence-electron chi connectivity index (χ4n) is 1.46. The van der Waals surface area contributed by atoms with E-state index in [1.165, 1.54) is 36.4 Å². The molecule has 0 bridgehead atoms. The van der Waals surface area contributed by atoms with Crippen molar-refractivity contribution in [1.29, 1.82) is 0 Å². The normalized spacial score (nSPS) is 10.3. The standard InChI is InChI=1S/C13H8Cl2FNO2/c14-8-5-10(15)12(18)11(6-8)17-13(19)7-1-3-9(16)4-2-7/h1-6,18H,(H,17,19). The topological polar surface area (TPSA) is 49.3 Å². The highest BCUT2D eigenvalue weighted by atomic mass is 35.5. The molecule has 6 heteroatoms. The number of hydrogen-bond donors (Lipinski definition) is 2. The van der Waals surface area contributed by atoms with Crippen LogP contribution in [0.3, 0.4) is 0 Å². The van der Waals surface area contributed by atoms with Crippen molar-refractivity contribution in [3.8, 4) is 5.75 Å². The first kappa shape index (κ1) is 13.6. The number of carbonyl (C=O) groups is 1. The van der Waals surface area contributed by atoms with E-state index in [2.05, 4.69) is 5.32 Å². The Bertz CT molecular complexity index is 629. The van der Waals surface area contributed by atoms with Gasteiger partial charge in [-0.2, -0.15) is 0 Å². The fourth-order valence-corrected chi connectivity index (χ4v) is 1.95. The molecule has 2 N–H and O–H groups in total. The molecule has 0 saturated carbocycles. The van der Waals surface area contributed by atoms with Gasteiger partial charge in [0, 0.05) is 10.6 Å². The predicted molar refractivity (Wildman–Crippen MR) is 72.5 cm³/mol. The Morgan fingerprint density at radius 3 is 2.42 bits per heavy atom. The van der Waals surface area contributed by atoms with Gasteiger partial charge in [0.1, 0.15) is 5.82 Å². The van der Waals surface area contributed by atoms with E-state index in [0.29, 0.717) is 0 Å². The van der Waals surface area contributed by atoms with Gasteiger partial charge < -0.3 is 10.4 Å². The second kappa shape index (κ2) is 5.47. The summed E-state index contributed by atoms with van der Waals surface area (Å²) in [7, 11) is 0. The van der Waals surface area contributed by atoms with Gasteiger partial charge in [0.2, 0.25) is 0 Å². The highest BCUT2D eigenvalue weighted by molar-refractivity contribution is 6.36. The van der Waals surface area contributed by atoms with Crippen molar-refractivity contribution in [3.63, 3.8) is 0 Å². The molecule has 1 amide bonds. The maximum Gasteiger partial charge on any atom is 0.255 e. The summed E-state index contributed by atoms with van der Waals surface area (Å²) >= 11 is 11.5. The van der Waals surface area contributed by atoms with Crippen LogP contribution in [-0.4, -0.2) is 11.0 Å². The number of nitrogens with one attached hydrogen (secondary N) is 1. The van der Waals surface area contributed by atoms with Gasteiger partial charge >= 0.3 is 0 Å². The molecule has 19 heavy (non-hydrogen) atoms. The summed E-state index contributed by atoms with van der Waals surface area (Å²) in [4.78, 5) is 11.9. The lowest BCUT2D eigenvalue weighted by Crippen LogP contribution is -2.12. The van der Waals surface area contributed by atoms with Gasteiger partial charge in [0.05, 0.1) is 10.7 Å². The van der Waals surface area contributed by atoms with Crippen molar-refractivity contribution < 1.29 is 14.3 Å². The van der Waals surface area contributed by atoms with Crippen LogP contribution in [-0.2, 0) is 0 Å². The molecule has 0 aliphatic heterocycles. The van der Waals surface area contributed by atoms with Gasteiger partial charge in [-0.05, 0) is 36.4 Å². The van der Waals surface area contributed by atoms with Crippen LogP contribution in [0.5, 0.6) is 5.75 Å². The lowest BCUT2D eigenvalue weighted by molar-refractivity contribution is 0.102. The Labute approximate surface area is 118 Å². The molecule has 0 spiro atoms.